The number of likely N-dealkylation sites (tertiary alicyclic amines) is 1. The highest BCUT2D eigenvalue weighted by Crippen LogP contribution is 2.23. The molecule has 0 radical (unpaired) electrons. The lowest BCUT2D eigenvalue weighted by Crippen LogP contribution is -2.46. The molecular weight excluding hydrogens is 385 g/mol. The number of piperidine rings is 1. The van der Waals surface area contributed by atoms with Gasteiger partial charge in [-0.25, -0.2) is 0 Å². The monoisotopic (exact) mass is 413 g/mol. The van der Waals surface area contributed by atoms with Crippen LogP contribution in [0.3, 0.4) is 0 Å². The first-order valence-electron chi connectivity index (χ1n) is 8.45. The van der Waals surface area contributed by atoms with Crippen LogP contribution in [0.4, 0.5) is 0 Å². The van der Waals surface area contributed by atoms with Crippen LogP contribution >= 0.6 is 24.0 Å². The van der Waals surface area contributed by atoms with Crippen LogP contribution in [0.25, 0.3) is 0 Å². The Balaban J connectivity index is 0.00000176. The Kier molecular flexibility index (Phi) is 6.99. The second-order valence-corrected chi connectivity index (χ2v) is 6.33. The first kappa shape index (κ1) is 17.6. The van der Waals surface area contributed by atoms with Crippen LogP contribution in [0.15, 0.2) is 35.3 Å². The van der Waals surface area contributed by atoms with E-state index < -0.39 is 0 Å². The number of nitrogens with zero attached hydrogens (tertiary/aromatic N) is 3. The SMILES string of the molecule is CCCC1CCCN(C2=NCCN2Cc2ccccc2)C1.I. The maximum Gasteiger partial charge on any atom is 0.197 e. The topological polar surface area (TPSA) is 18.8 Å². The molecule has 0 saturated carbocycles. The fourth-order valence-corrected chi connectivity index (χ4v) is 3.61. The first-order valence-corrected chi connectivity index (χ1v) is 8.45. The van der Waals surface area contributed by atoms with Gasteiger partial charge in [-0.1, -0.05) is 43.7 Å². The minimum absolute atomic E-state index is 0. The van der Waals surface area contributed by atoms with E-state index in [-0.39, 0.29) is 24.0 Å². The van der Waals surface area contributed by atoms with E-state index in [2.05, 4.69) is 47.1 Å². The molecule has 2 aliphatic heterocycles. The maximum absolute atomic E-state index is 4.80. The summed E-state index contributed by atoms with van der Waals surface area (Å²) < 4.78 is 0. The zero-order chi connectivity index (χ0) is 14.5. The van der Waals surface area contributed by atoms with Crippen molar-refractivity contribution in [3.63, 3.8) is 0 Å². The Morgan fingerprint density at radius 3 is 2.77 bits per heavy atom. The van der Waals surface area contributed by atoms with Gasteiger partial charge in [0.15, 0.2) is 5.96 Å². The maximum atomic E-state index is 4.80. The zero-order valence-corrected chi connectivity index (χ0v) is 15.9. The Labute approximate surface area is 151 Å². The van der Waals surface area contributed by atoms with Crippen molar-refractivity contribution in [1.82, 2.24) is 9.80 Å². The predicted molar refractivity (Wildman–Crippen MR) is 104 cm³/mol. The molecule has 0 N–H and O–H groups in total. The molecule has 3 rings (SSSR count). The van der Waals surface area contributed by atoms with Crippen LogP contribution in [0.5, 0.6) is 0 Å². The minimum Gasteiger partial charge on any atom is -0.343 e. The van der Waals surface area contributed by atoms with Gasteiger partial charge in [0.05, 0.1) is 6.54 Å². The van der Waals surface area contributed by atoms with Crippen LogP contribution in [-0.2, 0) is 6.54 Å². The molecule has 22 heavy (non-hydrogen) atoms. The van der Waals surface area contributed by atoms with E-state index in [1.54, 1.807) is 0 Å². The molecule has 1 aromatic rings. The summed E-state index contributed by atoms with van der Waals surface area (Å²) >= 11 is 0. The van der Waals surface area contributed by atoms with Gasteiger partial charge in [0.25, 0.3) is 0 Å². The molecule has 1 aromatic carbocycles. The highest BCUT2D eigenvalue weighted by Gasteiger charge is 2.27. The normalized spacial score (nSPS) is 21.5. The third-order valence-electron chi connectivity index (χ3n) is 4.62. The van der Waals surface area contributed by atoms with Gasteiger partial charge in [-0.05, 0) is 30.7 Å². The van der Waals surface area contributed by atoms with Gasteiger partial charge in [-0.3, -0.25) is 4.99 Å². The first-order chi connectivity index (χ1) is 10.4. The Morgan fingerprint density at radius 2 is 2.00 bits per heavy atom. The lowest BCUT2D eigenvalue weighted by atomic mass is 9.94. The van der Waals surface area contributed by atoms with Crippen molar-refractivity contribution in [2.75, 3.05) is 26.2 Å². The average molecular weight is 413 g/mol. The molecule has 3 nitrogen and oxygen atoms in total. The number of aliphatic imine (C=N–C) groups is 1. The predicted octanol–water partition coefficient (Wildman–Crippen LogP) is 3.99. The second-order valence-electron chi connectivity index (χ2n) is 6.33. The number of benzene rings is 1. The molecule has 2 heterocycles. The largest absolute Gasteiger partial charge is 0.343 e. The summed E-state index contributed by atoms with van der Waals surface area (Å²) in [5.74, 6) is 2.12. The molecule has 0 aliphatic carbocycles. The second kappa shape index (κ2) is 8.75. The summed E-state index contributed by atoms with van der Waals surface area (Å²) in [4.78, 5) is 9.80. The average Bonchev–Trinajstić information content (AvgIpc) is 2.97. The highest BCUT2D eigenvalue weighted by atomic mass is 127. The quantitative estimate of drug-likeness (QED) is 0.696. The van der Waals surface area contributed by atoms with Gasteiger partial charge in [-0.2, -0.15) is 0 Å². The van der Waals surface area contributed by atoms with Crippen molar-refractivity contribution in [2.45, 2.75) is 39.2 Å². The molecule has 0 bridgehead atoms. The van der Waals surface area contributed by atoms with Crippen LogP contribution in [0, 0.1) is 5.92 Å². The van der Waals surface area contributed by atoms with Crippen molar-refractivity contribution in [3.05, 3.63) is 35.9 Å². The van der Waals surface area contributed by atoms with Crippen molar-refractivity contribution >= 4 is 29.9 Å². The molecule has 1 saturated heterocycles. The summed E-state index contributed by atoms with van der Waals surface area (Å²) in [6.07, 6.45) is 5.39. The molecular formula is C18H28IN3. The molecule has 1 unspecified atom stereocenters. The molecule has 0 amide bonds. The number of halogens is 1. The van der Waals surface area contributed by atoms with Crippen LogP contribution < -0.4 is 0 Å². The van der Waals surface area contributed by atoms with Gasteiger partial charge in [0, 0.05) is 26.2 Å². The third-order valence-corrected chi connectivity index (χ3v) is 4.62. The number of hydrogen-bond acceptors (Lipinski definition) is 3. The van der Waals surface area contributed by atoms with Gasteiger partial charge in [0.2, 0.25) is 0 Å². The lowest BCUT2D eigenvalue weighted by molar-refractivity contribution is 0.223. The lowest BCUT2D eigenvalue weighted by Gasteiger charge is -2.37. The highest BCUT2D eigenvalue weighted by molar-refractivity contribution is 14.0. The Bertz CT molecular complexity index is 472. The van der Waals surface area contributed by atoms with E-state index in [1.807, 2.05) is 0 Å². The van der Waals surface area contributed by atoms with Crippen molar-refractivity contribution < 1.29 is 0 Å². The Morgan fingerprint density at radius 1 is 1.18 bits per heavy atom. The summed E-state index contributed by atoms with van der Waals surface area (Å²) in [6.45, 7) is 7.71. The summed E-state index contributed by atoms with van der Waals surface area (Å²) in [5, 5.41) is 0. The fourth-order valence-electron chi connectivity index (χ4n) is 3.61. The molecule has 4 heteroatoms. The van der Waals surface area contributed by atoms with Gasteiger partial charge in [0.1, 0.15) is 0 Å². The summed E-state index contributed by atoms with van der Waals surface area (Å²) in [6, 6.07) is 10.8. The third kappa shape index (κ3) is 4.37. The van der Waals surface area contributed by atoms with Crippen LogP contribution in [0.1, 0.15) is 38.2 Å². The minimum atomic E-state index is 0. The van der Waals surface area contributed by atoms with Crippen molar-refractivity contribution in [1.29, 1.82) is 0 Å². The standard InChI is InChI=1S/C18H27N3.HI/c1-2-7-16-10-6-12-20(14-16)18-19-11-13-21(18)15-17-8-4-3-5-9-17;/h3-5,8-9,16H,2,6-7,10-15H2,1H3;1H. The number of rotatable bonds is 4. The van der Waals surface area contributed by atoms with Gasteiger partial charge >= 0.3 is 0 Å². The van der Waals surface area contributed by atoms with E-state index >= 15 is 0 Å². The number of guanidine groups is 1. The van der Waals surface area contributed by atoms with E-state index in [0.717, 1.165) is 25.6 Å². The number of hydrogen-bond donors (Lipinski definition) is 0. The van der Waals surface area contributed by atoms with E-state index in [1.165, 1.54) is 50.3 Å². The molecule has 0 aromatic heterocycles. The van der Waals surface area contributed by atoms with Crippen molar-refractivity contribution in [3.8, 4) is 0 Å². The van der Waals surface area contributed by atoms with E-state index in [0.29, 0.717) is 0 Å². The molecule has 0 spiro atoms. The smallest absolute Gasteiger partial charge is 0.197 e. The molecule has 122 valence electrons. The summed E-state index contributed by atoms with van der Waals surface area (Å²) in [5.41, 5.74) is 1.38. The van der Waals surface area contributed by atoms with E-state index in [9.17, 15) is 0 Å². The molecule has 2 aliphatic rings. The molecule has 1 fully saturated rings. The van der Waals surface area contributed by atoms with Crippen LogP contribution in [0.2, 0.25) is 0 Å². The van der Waals surface area contributed by atoms with Crippen LogP contribution in [-0.4, -0.2) is 41.9 Å². The van der Waals surface area contributed by atoms with Gasteiger partial charge < -0.3 is 9.80 Å². The van der Waals surface area contributed by atoms with Crippen molar-refractivity contribution in [2.24, 2.45) is 10.9 Å². The van der Waals surface area contributed by atoms with E-state index in [4.69, 9.17) is 4.99 Å². The molecule has 1 atom stereocenters. The zero-order valence-electron chi connectivity index (χ0n) is 13.6. The van der Waals surface area contributed by atoms with Gasteiger partial charge in [-0.15, -0.1) is 24.0 Å². The summed E-state index contributed by atoms with van der Waals surface area (Å²) in [7, 11) is 0. The fraction of sp³-hybridized carbons (Fsp3) is 0.611. The Hall–Kier alpha value is -0.780.